The summed E-state index contributed by atoms with van der Waals surface area (Å²) < 4.78 is 11.2. The Bertz CT molecular complexity index is 803. The molecular weight excluding hydrogens is 422 g/mol. The average molecular weight is 462 g/mol. The zero-order valence-electron chi connectivity index (χ0n) is 20.7. The second-order valence-corrected chi connectivity index (χ2v) is 7.70. The van der Waals surface area contributed by atoms with Gasteiger partial charge in [-0.1, -0.05) is 39.8 Å². The molecule has 0 unspecified atom stereocenters. The van der Waals surface area contributed by atoms with Crippen molar-refractivity contribution in [3.05, 3.63) is 60.3 Å². The van der Waals surface area contributed by atoms with E-state index in [4.69, 9.17) is 25.1 Å². The number of aliphatic hydroxyl groups is 1. The molecule has 0 atom stereocenters. The quantitative estimate of drug-likeness (QED) is 0.505. The summed E-state index contributed by atoms with van der Waals surface area (Å²) >= 11 is 0. The summed E-state index contributed by atoms with van der Waals surface area (Å²) in [4.78, 5) is 23.2. The van der Waals surface area contributed by atoms with Crippen LogP contribution < -0.4 is 20.5 Å². The number of carbonyl (C=O) groups is 2. The average Bonchev–Trinajstić information content (AvgIpc) is 2.82. The lowest BCUT2D eigenvalue weighted by Gasteiger charge is -2.19. The van der Waals surface area contributed by atoms with Crippen LogP contribution >= 0.6 is 0 Å². The fourth-order valence-corrected chi connectivity index (χ4v) is 2.19. The van der Waals surface area contributed by atoms with Crippen molar-refractivity contribution >= 4 is 12.7 Å². The van der Waals surface area contributed by atoms with Gasteiger partial charge in [0.05, 0.1) is 12.7 Å². The van der Waals surface area contributed by atoms with Gasteiger partial charge in [-0.15, -0.1) is 6.58 Å². The van der Waals surface area contributed by atoms with Gasteiger partial charge in [0.2, 0.25) is 11.8 Å². The fraction of sp³-hybridized carbons (Fsp3) is 0.400. The molecule has 1 amide bonds. The first-order chi connectivity index (χ1) is 15.7. The van der Waals surface area contributed by atoms with E-state index in [0.29, 0.717) is 22.9 Å². The number of nitrogens with one attached hydrogen (secondary N) is 1. The molecule has 184 valence electrons. The number of methoxy groups -OCH3 is 1. The third-order valence-corrected chi connectivity index (χ3v) is 3.74. The van der Waals surface area contributed by atoms with E-state index in [0.717, 1.165) is 32.2 Å². The molecule has 1 aromatic heterocycles. The van der Waals surface area contributed by atoms with Crippen molar-refractivity contribution in [3.8, 4) is 17.4 Å². The van der Waals surface area contributed by atoms with E-state index < -0.39 is 5.91 Å². The molecule has 2 rings (SSSR count). The van der Waals surface area contributed by atoms with Crippen LogP contribution in [0, 0.1) is 5.41 Å². The van der Waals surface area contributed by atoms with Crippen LogP contribution in [0.3, 0.4) is 0 Å². The minimum atomic E-state index is -0.524. The second-order valence-electron chi connectivity index (χ2n) is 7.70. The third-order valence-electron chi connectivity index (χ3n) is 3.74. The van der Waals surface area contributed by atoms with E-state index in [-0.39, 0.29) is 5.41 Å². The summed E-state index contributed by atoms with van der Waals surface area (Å²) in [5, 5.41) is 10.4. The van der Waals surface area contributed by atoms with E-state index in [9.17, 15) is 4.79 Å². The highest BCUT2D eigenvalue weighted by Gasteiger charge is 2.11. The first-order valence-corrected chi connectivity index (χ1v) is 10.4. The van der Waals surface area contributed by atoms with Crippen LogP contribution in [0.2, 0.25) is 0 Å². The van der Waals surface area contributed by atoms with E-state index in [1.165, 1.54) is 6.20 Å². The molecule has 8 nitrogen and oxygen atoms in total. The number of nitrogens with zero attached hydrogens (tertiary/aromatic N) is 1. The summed E-state index contributed by atoms with van der Waals surface area (Å²) in [5.74, 6) is 1.02. The highest BCUT2D eigenvalue weighted by molar-refractivity contribution is 5.92. The highest BCUT2D eigenvalue weighted by Crippen LogP contribution is 2.31. The van der Waals surface area contributed by atoms with Crippen molar-refractivity contribution in [2.45, 2.75) is 40.7 Å². The predicted octanol–water partition coefficient (Wildman–Crippen LogP) is 4.12. The van der Waals surface area contributed by atoms with Gasteiger partial charge in [0.25, 0.3) is 0 Å². The molecule has 33 heavy (non-hydrogen) atoms. The van der Waals surface area contributed by atoms with Crippen molar-refractivity contribution < 1.29 is 24.2 Å². The van der Waals surface area contributed by atoms with Crippen LogP contribution in [0.4, 0.5) is 0 Å². The molecule has 0 fully saturated rings. The Balaban J connectivity index is 0. The van der Waals surface area contributed by atoms with E-state index in [2.05, 4.69) is 44.6 Å². The van der Waals surface area contributed by atoms with Gasteiger partial charge in [-0.05, 0) is 35.6 Å². The van der Waals surface area contributed by atoms with Crippen molar-refractivity contribution in [3.63, 3.8) is 0 Å². The van der Waals surface area contributed by atoms with Crippen LogP contribution in [-0.4, -0.2) is 43.6 Å². The minimum Gasteiger partial charge on any atom is -0.493 e. The molecule has 0 aliphatic rings. The van der Waals surface area contributed by atoms with Gasteiger partial charge in [0, 0.05) is 32.5 Å². The van der Waals surface area contributed by atoms with Crippen LogP contribution in [0.1, 0.15) is 50.0 Å². The largest absolute Gasteiger partial charge is 0.493 e. The number of hydrogen-bond donors (Lipinski definition) is 3. The summed E-state index contributed by atoms with van der Waals surface area (Å²) in [6.45, 7) is 15.8. The first-order valence-electron chi connectivity index (χ1n) is 10.4. The number of aromatic nitrogens is 1. The van der Waals surface area contributed by atoms with Crippen molar-refractivity contribution in [2.24, 2.45) is 11.1 Å². The number of nitrogens with two attached hydrogens (primary N) is 1. The second kappa shape index (κ2) is 18.4. The Kier molecular flexibility index (Phi) is 17.8. The molecule has 4 N–H and O–H groups in total. The maximum absolute atomic E-state index is 11.1. The SMILES string of the molecule is C=CCC.C=O.CO.COc1cc(CNCC(C)(C)C)ccc1Oc1ccc(C(N)=O)cn1. The van der Waals surface area contributed by atoms with E-state index in [1.54, 1.807) is 19.2 Å². The van der Waals surface area contributed by atoms with Gasteiger partial charge in [-0.3, -0.25) is 4.79 Å². The van der Waals surface area contributed by atoms with E-state index in [1.807, 2.05) is 31.1 Å². The van der Waals surface area contributed by atoms with Crippen molar-refractivity contribution in [1.82, 2.24) is 10.3 Å². The number of amides is 1. The molecule has 2 aromatic rings. The van der Waals surface area contributed by atoms with Crippen LogP contribution in [-0.2, 0) is 11.3 Å². The molecule has 0 radical (unpaired) electrons. The number of pyridine rings is 1. The van der Waals surface area contributed by atoms with Gasteiger partial charge in [0.1, 0.15) is 6.79 Å². The molecule has 0 spiro atoms. The Labute approximate surface area is 197 Å². The maximum atomic E-state index is 11.1. The summed E-state index contributed by atoms with van der Waals surface area (Å²) in [5.41, 5.74) is 6.87. The lowest BCUT2D eigenvalue weighted by atomic mass is 9.97. The van der Waals surface area contributed by atoms with Crippen LogP contribution in [0.15, 0.2) is 49.2 Å². The molecule has 0 saturated heterocycles. The van der Waals surface area contributed by atoms with Gasteiger partial charge < -0.3 is 30.4 Å². The number of aliphatic hydroxyl groups excluding tert-OH is 1. The van der Waals surface area contributed by atoms with Gasteiger partial charge in [-0.25, -0.2) is 4.98 Å². The Hall–Kier alpha value is -3.23. The standard InChI is InChI=1S/C19H25N3O3.C4H8.CH4O.CH2O/c1-19(2,3)12-21-10-13-5-7-15(16(9-13)24-4)25-17-8-6-14(11-22-17)18(20)23;1-3-4-2;2*1-2/h5-9,11,21H,10,12H2,1-4H3,(H2,20,23);3H,1,4H2,2H3;2H,1H3;1H2. The number of allylic oxidation sites excluding steroid dienone is 1. The topological polar surface area (TPSA) is 124 Å². The Morgan fingerprint density at radius 3 is 2.21 bits per heavy atom. The number of ether oxygens (including phenoxy) is 2. The molecule has 0 aliphatic carbocycles. The van der Waals surface area contributed by atoms with Crippen molar-refractivity contribution in [2.75, 3.05) is 20.8 Å². The van der Waals surface area contributed by atoms with Crippen LogP contribution in [0.5, 0.6) is 17.4 Å². The molecule has 0 saturated carbocycles. The summed E-state index contributed by atoms with van der Waals surface area (Å²) in [6.07, 6.45) is 4.34. The number of rotatable bonds is 8. The minimum absolute atomic E-state index is 0.232. The number of hydrogen-bond acceptors (Lipinski definition) is 7. The molecule has 1 heterocycles. The zero-order valence-corrected chi connectivity index (χ0v) is 20.7. The molecule has 0 aliphatic heterocycles. The maximum Gasteiger partial charge on any atom is 0.250 e. The predicted molar refractivity (Wildman–Crippen MR) is 133 cm³/mol. The van der Waals surface area contributed by atoms with Crippen LogP contribution in [0.25, 0.3) is 0 Å². The molecular formula is C25H39N3O5. The number of benzene rings is 1. The van der Waals surface area contributed by atoms with Gasteiger partial charge in [0.15, 0.2) is 11.5 Å². The smallest absolute Gasteiger partial charge is 0.250 e. The lowest BCUT2D eigenvalue weighted by Crippen LogP contribution is -2.26. The first kappa shape index (κ1) is 32.0. The lowest BCUT2D eigenvalue weighted by molar-refractivity contribution is -0.0980. The highest BCUT2D eigenvalue weighted by atomic mass is 16.5. The number of primary amides is 1. The van der Waals surface area contributed by atoms with Gasteiger partial charge >= 0.3 is 0 Å². The Morgan fingerprint density at radius 2 is 1.79 bits per heavy atom. The van der Waals surface area contributed by atoms with Crippen molar-refractivity contribution in [1.29, 1.82) is 0 Å². The molecule has 8 heteroatoms. The summed E-state index contributed by atoms with van der Waals surface area (Å²) in [6, 6.07) is 8.92. The number of carbonyl (C=O) groups excluding carboxylic acids is 2. The molecule has 0 bridgehead atoms. The zero-order chi connectivity index (χ0) is 25.9. The Morgan fingerprint density at radius 1 is 1.18 bits per heavy atom. The van der Waals surface area contributed by atoms with Gasteiger partial charge in [-0.2, -0.15) is 0 Å². The summed E-state index contributed by atoms with van der Waals surface area (Å²) in [7, 11) is 2.60. The molecule has 1 aromatic carbocycles. The monoisotopic (exact) mass is 461 g/mol. The van der Waals surface area contributed by atoms with E-state index >= 15 is 0 Å². The fourth-order valence-electron chi connectivity index (χ4n) is 2.19. The normalized spacial score (nSPS) is 9.55. The third kappa shape index (κ3) is 14.5.